The molecule has 0 saturated carbocycles. The molecule has 4 heteroatoms. The summed E-state index contributed by atoms with van der Waals surface area (Å²) in [4.78, 5) is 9.14. The Bertz CT molecular complexity index is 1020. The van der Waals surface area contributed by atoms with Crippen molar-refractivity contribution >= 4 is 0 Å². The molecule has 0 unspecified atom stereocenters. The van der Waals surface area contributed by atoms with E-state index in [1.54, 1.807) is 18.5 Å². The first-order chi connectivity index (χ1) is 18.2. The largest absolute Gasteiger partial charge is 0.491 e. The number of hydrogen-bond acceptors (Lipinski definition) is 3. The lowest BCUT2D eigenvalue weighted by Crippen LogP contribution is -1.99. The van der Waals surface area contributed by atoms with E-state index in [4.69, 9.17) is 4.74 Å². The highest BCUT2D eigenvalue weighted by Gasteiger charge is 2.09. The zero-order valence-corrected chi connectivity index (χ0v) is 23.0. The molecule has 3 rings (SSSR count). The lowest BCUT2D eigenvalue weighted by atomic mass is 10.0. The van der Waals surface area contributed by atoms with Crippen LogP contribution in [0.2, 0.25) is 0 Å². The number of aryl methyl sites for hydroxylation is 1. The zero-order chi connectivity index (χ0) is 26.1. The van der Waals surface area contributed by atoms with Crippen LogP contribution in [-0.2, 0) is 6.42 Å². The van der Waals surface area contributed by atoms with Gasteiger partial charge in [0.15, 0.2) is 11.6 Å². The number of aromatic nitrogens is 2. The SMILES string of the molecule is CCCCCCCCCc1ccc(-c2cnc(-c3ccc(OCCCCCCCC)c(F)c3)cn2)cc1. The molecule has 0 radical (unpaired) electrons. The van der Waals surface area contributed by atoms with E-state index in [0.29, 0.717) is 23.6 Å². The van der Waals surface area contributed by atoms with Crippen molar-refractivity contribution in [2.75, 3.05) is 6.61 Å². The molecule has 1 heterocycles. The van der Waals surface area contributed by atoms with Crippen LogP contribution in [0.3, 0.4) is 0 Å². The van der Waals surface area contributed by atoms with Crippen molar-refractivity contribution < 1.29 is 9.13 Å². The van der Waals surface area contributed by atoms with Crippen LogP contribution in [-0.4, -0.2) is 16.6 Å². The number of unbranched alkanes of at least 4 members (excludes halogenated alkanes) is 11. The number of benzene rings is 2. The Morgan fingerprint density at radius 2 is 1.16 bits per heavy atom. The van der Waals surface area contributed by atoms with Crippen LogP contribution in [0, 0.1) is 5.82 Å². The van der Waals surface area contributed by atoms with E-state index in [-0.39, 0.29) is 5.82 Å². The van der Waals surface area contributed by atoms with Gasteiger partial charge in [0, 0.05) is 11.1 Å². The maximum absolute atomic E-state index is 14.6. The molecular formula is C33H45FN2O. The third kappa shape index (κ3) is 10.3. The third-order valence-corrected chi connectivity index (χ3v) is 6.95. The van der Waals surface area contributed by atoms with Gasteiger partial charge in [-0.05, 0) is 43.0 Å². The summed E-state index contributed by atoms with van der Waals surface area (Å²) in [5.41, 5.74) is 4.60. The maximum Gasteiger partial charge on any atom is 0.165 e. The minimum absolute atomic E-state index is 0.304. The molecule has 200 valence electrons. The van der Waals surface area contributed by atoms with Gasteiger partial charge in [-0.15, -0.1) is 0 Å². The van der Waals surface area contributed by atoms with Gasteiger partial charge in [0.1, 0.15) is 0 Å². The maximum atomic E-state index is 14.6. The van der Waals surface area contributed by atoms with Gasteiger partial charge in [0.05, 0.1) is 30.4 Å². The Morgan fingerprint density at radius 1 is 0.622 bits per heavy atom. The predicted molar refractivity (Wildman–Crippen MR) is 153 cm³/mol. The van der Waals surface area contributed by atoms with Crippen LogP contribution in [0.4, 0.5) is 4.39 Å². The summed E-state index contributed by atoms with van der Waals surface area (Å²) < 4.78 is 20.3. The van der Waals surface area contributed by atoms with Crippen molar-refractivity contribution in [3.8, 4) is 28.3 Å². The highest BCUT2D eigenvalue weighted by Crippen LogP contribution is 2.26. The summed E-state index contributed by atoms with van der Waals surface area (Å²) in [7, 11) is 0. The van der Waals surface area contributed by atoms with Crippen LogP contribution in [0.5, 0.6) is 5.75 Å². The van der Waals surface area contributed by atoms with Crippen molar-refractivity contribution in [2.24, 2.45) is 0 Å². The van der Waals surface area contributed by atoms with Crippen molar-refractivity contribution in [2.45, 2.75) is 104 Å². The fourth-order valence-electron chi connectivity index (χ4n) is 4.60. The predicted octanol–water partition coefficient (Wildman–Crippen LogP) is 9.98. The lowest BCUT2D eigenvalue weighted by molar-refractivity contribution is 0.290. The molecule has 0 amide bonds. The number of rotatable bonds is 18. The molecule has 0 N–H and O–H groups in total. The Hall–Kier alpha value is -2.75. The first kappa shape index (κ1) is 28.8. The molecule has 3 aromatic rings. The van der Waals surface area contributed by atoms with Gasteiger partial charge in [0.25, 0.3) is 0 Å². The molecule has 0 saturated heterocycles. The van der Waals surface area contributed by atoms with E-state index in [2.05, 4.69) is 48.1 Å². The van der Waals surface area contributed by atoms with Gasteiger partial charge in [-0.2, -0.15) is 0 Å². The second-order valence-electron chi connectivity index (χ2n) is 10.1. The Kier molecular flexibility index (Phi) is 13.2. The van der Waals surface area contributed by atoms with Gasteiger partial charge in [-0.25, -0.2) is 4.39 Å². The summed E-state index contributed by atoms with van der Waals surface area (Å²) >= 11 is 0. The van der Waals surface area contributed by atoms with Gasteiger partial charge >= 0.3 is 0 Å². The van der Waals surface area contributed by atoms with Crippen LogP contribution < -0.4 is 4.74 Å². The molecule has 1 aromatic heterocycles. The summed E-state index contributed by atoms with van der Waals surface area (Å²) in [6.07, 6.45) is 21.0. The summed E-state index contributed by atoms with van der Waals surface area (Å²) in [6.45, 7) is 5.03. The second kappa shape index (κ2) is 16.9. The van der Waals surface area contributed by atoms with Crippen LogP contribution >= 0.6 is 0 Å². The molecule has 0 aliphatic rings. The Morgan fingerprint density at radius 3 is 1.76 bits per heavy atom. The van der Waals surface area contributed by atoms with E-state index < -0.39 is 0 Å². The highest BCUT2D eigenvalue weighted by molar-refractivity contribution is 5.63. The molecule has 3 nitrogen and oxygen atoms in total. The summed E-state index contributed by atoms with van der Waals surface area (Å²) in [5, 5.41) is 0. The fraction of sp³-hybridized carbons (Fsp3) is 0.515. The van der Waals surface area contributed by atoms with Gasteiger partial charge < -0.3 is 4.74 Å². The normalized spacial score (nSPS) is 11.1. The van der Waals surface area contributed by atoms with Crippen molar-refractivity contribution in [3.05, 3.63) is 66.2 Å². The number of halogens is 1. The number of ether oxygens (including phenoxy) is 1. The van der Waals surface area contributed by atoms with Crippen LogP contribution in [0.15, 0.2) is 54.9 Å². The van der Waals surface area contributed by atoms with Crippen LogP contribution in [0.25, 0.3) is 22.5 Å². The van der Waals surface area contributed by atoms with Gasteiger partial charge in [-0.3, -0.25) is 9.97 Å². The van der Waals surface area contributed by atoms with Gasteiger partial charge in [0.2, 0.25) is 0 Å². The second-order valence-corrected chi connectivity index (χ2v) is 10.1. The topological polar surface area (TPSA) is 35.0 Å². The highest BCUT2D eigenvalue weighted by atomic mass is 19.1. The zero-order valence-electron chi connectivity index (χ0n) is 23.0. The summed E-state index contributed by atoms with van der Waals surface area (Å²) in [5.74, 6) is -0.0515. The first-order valence-electron chi connectivity index (χ1n) is 14.5. The third-order valence-electron chi connectivity index (χ3n) is 6.95. The molecule has 0 aliphatic carbocycles. The Labute approximate surface area is 223 Å². The van der Waals surface area contributed by atoms with E-state index in [9.17, 15) is 4.39 Å². The number of hydrogen-bond donors (Lipinski definition) is 0. The van der Waals surface area contributed by atoms with Crippen LogP contribution in [0.1, 0.15) is 103 Å². The quantitative estimate of drug-likeness (QED) is 0.162. The molecule has 0 fully saturated rings. The molecule has 37 heavy (non-hydrogen) atoms. The average Bonchev–Trinajstić information content (AvgIpc) is 2.93. The lowest BCUT2D eigenvalue weighted by Gasteiger charge is -2.09. The van der Waals surface area contributed by atoms with Crippen molar-refractivity contribution in [3.63, 3.8) is 0 Å². The summed E-state index contributed by atoms with van der Waals surface area (Å²) in [6, 6.07) is 13.7. The molecule has 0 spiro atoms. The average molecular weight is 505 g/mol. The standard InChI is InChI=1S/C33H45FN2O/c1-3-5-7-9-11-12-14-16-27-17-19-28(20-18-27)31-25-36-32(26-35-31)29-21-22-33(30(34)24-29)37-23-15-13-10-8-6-4-2/h17-22,24-26H,3-16,23H2,1-2H3. The van der Waals surface area contributed by atoms with E-state index >= 15 is 0 Å². The van der Waals surface area contributed by atoms with Gasteiger partial charge in [-0.1, -0.05) is 109 Å². The molecule has 0 atom stereocenters. The van der Waals surface area contributed by atoms with E-state index in [0.717, 1.165) is 30.5 Å². The van der Waals surface area contributed by atoms with Crippen molar-refractivity contribution in [1.82, 2.24) is 9.97 Å². The fourth-order valence-corrected chi connectivity index (χ4v) is 4.60. The van der Waals surface area contributed by atoms with E-state index in [1.807, 2.05) is 6.07 Å². The molecule has 2 aromatic carbocycles. The smallest absolute Gasteiger partial charge is 0.165 e. The number of nitrogens with zero attached hydrogens (tertiary/aromatic N) is 2. The molecule has 0 bridgehead atoms. The van der Waals surface area contributed by atoms with Crippen molar-refractivity contribution in [1.29, 1.82) is 0 Å². The minimum atomic E-state index is -0.356. The molecular weight excluding hydrogens is 459 g/mol. The van der Waals surface area contributed by atoms with E-state index in [1.165, 1.54) is 82.3 Å². The molecule has 0 aliphatic heterocycles. The Balaban J connectivity index is 1.46. The first-order valence-corrected chi connectivity index (χ1v) is 14.5. The monoisotopic (exact) mass is 504 g/mol. The minimum Gasteiger partial charge on any atom is -0.491 e.